The molecule has 1 aromatic carbocycles. The lowest BCUT2D eigenvalue weighted by molar-refractivity contribution is 0.463. The van der Waals surface area contributed by atoms with Gasteiger partial charge in [0.1, 0.15) is 11.5 Å². The van der Waals surface area contributed by atoms with Gasteiger partial charge in [-0.2, -0.15) is 0 Å². The zero-order chi connectivity index (χ0) is 13.9. The van der Waals surface area contributed by atoms with Gasteiger partial charge in [-0.3, -0.25) is 9.97 Å². The third-order valence-electron chi connectivity index (χ3n) is 3.10. The molecule has 3 rings (SSSR count). The Kier molecular flexibility index (Phi) is 3.05. The van der Waals surface area contributed by atoms with E-state index < -0.39 is 0 Å². The molecule has 0 aliphatic heterocycles. The van der Waals surface area contributed by atoms with Gasteiger partial charge in [0.25, 0.3) is 0 Å². The summed E-state index contributed by atoms with van der Waals surface area (Å²) < 4.78 is 0. The van der Waals surface area contributed by atoms with Gasteiger partial charge in [-0.05, 0) is 47.5 Å². The summed E-state index contributed by atoms with van der Waals surface area (Å²) in [6, 6.07) is 10.2. The molecule has 0 bridgehead atoms. The second kappa shape index (κ2) is 5.01. The summed E-state index contributed by atoms with van der Waals surface area (Å²) in [5.41, 5.74) is 2.74. The number of benzene rings is 1. The number of rotatable bonds is 2. The van der Waals surface area contributed by atoms with Crippen LogP contribution >= 0.6 is 0 Å². The molecule has 0 aliphatic carbocycles. The number of aromatic nitrogens is 2. The number of phenolic OH excluding ortho intramolecular Hbond substituents is 2. The topological polar surface area (TPSA) is 66.2 Å². The Morgan fingerprint density at radius 1 is 0.600 bits per heavy atom. The fraction of sp³-hybridized carbons (Fsp3) is 0. The zero-order valence-electron chi connectivity index (χ0n) is 10.6. The lowest BCUT2D eigenvalue weighted by Gasteiger charge is -2.10. The summed E-state index contributed by atoms with van der Waals surface area (Å²) in [7, 11) is 0. The predicted octanol–water partition coefficient (Wildman–Crippen LogP) is 3.22. The molecule has 0 amide bonds. The average Bonchev–Trinajstić information content (AvgIpc) is 2.51. The zero-order valence-corrected chi connectivity index (χ0v) is 10.6. The number of pyridine rings is 2. The molecule has 0 radical (unpaired) electrons. The minimum absolute atomic E-state index is 0.112. The van der Waals surface area contributed by atoms with Crippen molar-refractivity contribution in [3.8, 4) is 33.8 Å². The lowest BCUT2D eigenvalue weighted by Crippen LogP contribution is -1.84. The quantitative estimate of drug-likeness (QED) is 0.697. The maximum atomic E-state index is 10.2. The molecule has 0 atom stereocenters. The van der Waals surface area contributed by atoms with Gasteiger partial charge in [-0.15, -0.1) is 0 Å². The van der Waals surface area contributed by atoms with Gasteiger partial charge in [-0.25, -0.2) is 0 Å². The second-order valence-corrected chi connectivity index (χ2v) is 4.36. The van der Waals surface area contributed by atoms with Crippen molar-refractivity contribution in [3.63, 3.8) is 0 Å². The minimum atomic E-state index is 0.112. The third-order valence-corrected chi connectivity index (χ3v) is 3.10. The molecule has 0 fully saturated rings. The molecule has 0 unspecified atom stereocenters. The fourth-order valence-corrected chi connectivity index (χ4v) is 2.10. The van der Waals surface area contributed by atoms with E-state index in [4.69, 9.17) is 0 Å². The molecule has 4 heteroatoms. The normalized spacial score (nSPS) is 10.4. The highest BCUT2D eigenvalue weighted by atomic mass is 16.3. The van der Waals surface area contributed by atoms with Gasteiger partial charge in [0.2, 0.25) is 0 Å². The van der Waals surface area contributed by atoms with Crippen LogP contribution in [0.3, 0.4) is 0 Å². The first-order valence-electron chi connectivity index (χ1n) is 6.12. The van der Waals surface area contributed by atoms with E-state index in [0.29, 0.717) is 11.1 Å². The van der Waals surface area contributed by atoms with Crippen LogP contribution in [0.25, 0.3) is 22.3 Å². The lowest BCUT2D eigenvalue weighted by atomic mass is 9.99. The first-order chi connectivity index (χ1) is 9.75. The Morgan fingerprint density at radius 3 is 1.30 bits per heavy atom. The summed E-state index contributed by atoms with van der Waals surface area (Å²) in [6.07, 6.45) is 6.57. The maximum absolute atomic E-state index is 10.2. The van der Waals surface area contributed by atoms with Gasteiger partial charge >= 0.3 is 0 Å². The van der Waals surface area contributed by atoms with E-state index in [-0.39, 0.29) is 11.5 Å². The molecule has 20 heavy (non-hydrogen) atoms. The number of aromatic hydroxyl groups is 2. The summed E-state index contributed by atoms with van der Waals surface area (Å²) in [5, 5.41) is 20.4. The maximum Gasteiger partial charge on any atom is 0.124 e. The number of phenols is 2. The van der Waals surface area contributed by atoms with Crippen LogP contribution < -0.4 is 0 Å². The highest BCUT2D eigenvalue weighted by Gasteiger charge is 2.11. The van der Waals surface area contributed by atoms with E-state index in [0.717, 1.165) is 11.1 Å². The van der Waals surface area contributed by atoms with E-state index in [1.54, 1.807) is 61.2 Å². The average molecular weight is 264 g/mol. The summed E-state index contributed by atoms with van der Waals surface area (Å²) >= 11 is 0. The number of hydrogen-bond donors (Lipinski definition) is 2. The van der Waals surface area contributed by atoms with Crippen LogP contribution in [0.5, 0.6) is 11.5 Å². The van der Waals surface area contributed by atoms with E-state index in [9.17, 15) is 10.2 Å². The molecular weight excluding hydrogens is 252 g/mol. The van der Waals surface area contributed by atoms with E-state index in [2.05, 4.69) is 9.97 Å². The van der Waals surface area contributed by atoms with Crippen molar-refractivity contribution in [2.24, 2.45) is 0 Å². The number of hydrogen-bond acceptors (Lipinski definition) is 4. The molecule has 2 N–H and O–H groups in total. The number of nitrogens with zero attached hydrogens (tertiary/aromatic N) is 2. The molecule has 0 saturated carbocycles. The van der Waals surface area contributed by atoms with Crippen molar-refractivity contribution in [2.45, 2.75) is 0 Å². The van der Waals surface area contributed by atoms with Crippen molar-refractivity contribution < 1.29 is 10.2 Å². The van der Waals surface area contributed by atoms with Gasteiger partial charge in [0.05, 0.1) is 0 Å². The standard InChI is InChI=1S/C16H12N2O2/c19-15-10-14(12-3-7-18-8-4-12)16(20)9-13(15)11-1-5-17-6-2-11/h1-10,19-20H. The van der Waals surface area contributed by atoms with Gasteiger partial charge in [0, 0.05) is 35.9 Å². The molecule has 4 nitrogen and oxygen atoms in total. The molecule has 2 aromatic heterocycles. The van der Waals surface area contributed by atoms with Crippen LogP contribution in [0, 0.1) is 0 Å². The van der Waals surface area contributed by atoms with Crippen molar-refractivity contribution in [3.05, 3.63) is 61.2 Å². The SMILES string of the molecule is Oc1cc(-c2ccncc2)c(O)cc1-c1ccncc1. The monoisotopic (exact) mass is 264 g/mol. The molecule has 2 heterocycles. The fourth-order valence-electron chi connectivity index (χ4n) is 2.10. The summed E-state index contributed by atoms with van der Waals surface area (Å²) in [6.45, 7) is 0. The second-order valence-electron chi connectivity index (χ2n) is 4.36. The van der Waals surface area contributed by atoms with E-state index >= 15 is 0 Å². The Bertz CT molecular complexity index is 663. The van der Waals surface area contributed by atoms with E-state index in [1.165, 1.54) is 0 Å². The Hall–Kier alpha value is -2.88. The predicted molar refractivity (Wildman–Crippen MR) is 76.2 cm³/mol. The Morgan fingerprint density at radius 2 is 0.950 bits per heavy atom. The van der Waals surface area contributed by atoms with E-state index in [1.807, 2.05) is 0 Å². The van der Waals surface area contributed by atoms with Crippen LogP contribution in [-0.4, -0.2) is 20.2 Å². The summed E-state index contributed by atoms with van der Waals surface area (Å²) in [4.78, 5) is 7.87. The molecule has 0 saturated heterocycles. The largest absolute Gasteiger partial charge is 0.507 e. The Balaban J connectivity index is 2.13. The van der Waals surface area contributed by atoms with Gasteiger partial charge in [0.15, 0.2) is 0 Å². The van der Waals surface area contributed by atoms with Gasteiger partial charge < -0.3 is 10.2 Å². The van der Waals surface area contributed by atoms with Crippen molar-refractivity contribution in [1.82, 2.24) is 9.97 Å². The highest BCUT2D eigenvalue weighted by molar-refractivity contribution is 5.80. The van der Waals surface area contributed by atoms with Crippen LogP contribution in [0.15, 0.2) is 61.2 Å². The molecule has 98 valence electrons. The minimum Gasteiger partial charge on any atom is -0.507 e. The van der Waals surface area contributed by atoms with Crippen molar-refractivity contribution in [2.75, 3.05) is 0 Å². The first kappa shape index (κ1) is 12.2. The van der Waals surface area contributed by atoms with Crippen LogP contribution in [-0.2, 0) is 0 Å². The van der Waals surface area contributed by atoms with Crippen molar-refractivity contribution in [1.29, 1.82) is 0 Å². The van der Waals surface area contributed by atoms with Crippen LogP contribution in [0.2, 0.25) is 0 Å². The third kappa shape index (κ3) is 2.19. The molecular formula is C16H12N2O2. The summed E-state index contributed by atoms with van der Waals surface area (Å²) in [5.74, 6) is 0.224. The Labute approximate surface area is 116 Å². The smallest absolute Gasteiger partial charge is 0.124 e. The highest BCUT2D eigenvalue weighted by Crippen LogP contribution is 2.39. The molecule has 3 aromatic rings. The van der Waals surface area contributed by atoms with Gasteiger partial charge in [-0.1, -0.05) is 0 Å². The molecule has 0 aliphatic rings. The van der Waals surface area contributed by atoms with Crippen LogP contribution in [0.4, 0.5) is 0 Å². The molecule has 0 spiro atoms. The van der Waals surface area contributed by atoms with Crippen LogP contribution in [0.1, 0.15) is 0 Å². The van der Waals surface area contributed by atoms with Crippen molar-refractivity contribution >= 4 is 0 Å². The first-order valence-corrected chi connectivity index (χ1v) is 6.12.